The molecule has 9 nitrogen and oxygen atoms in total. The van der Waals surface area contributed by atoms with E-state index in [0.717, 1.165) is 18.7 Å². The van der Waals surface area contributed by atoms with Crippen molar-refractivity contribution < 1.29 is 29.3 Å². The predicted molar refractivity (Wildman–Crippen MR) is 175 cm³/mol. The molecule has 1 aliphatic heterocycles. The maximum Gasteiger partial charge on any atom is 0.334 e. The summed E-state index contributed by atoms with van der Waals surface area (Å²) in [7, 11) is 0. The average molecular weight is 622 g/mol. The lowest BCUT2D eigenvalue weighted by Gasteiger charge is -2.40. The van der Waals surface area contributed by atoms with E-state index in [2.05, 4.69) is 65.7 Å². The lowest BCUT2D eigenvalue weighted by atomic mass is 9.93. The van der Waals surface area contributed by atoms with Gasteiger partial charge in [0.15, 0.2) is 12.7 Å². The SMILES string of the molecule is Cc1ccccc1C(c1ccccc1)N1CCN(C(=O)COc2ccc(C(=O)N[C@@H](Cc3ccccc3)[C@@H](O)C(=O)O)cc2)CC1. The van der Waals surface area contributed by atoms with Crippen LogP contribution in [0.5, 0.6) is 5.75 Å². The molecule has 1 fully saturated rings. The summed E-state index contributed by atoms with van der Waals surface area (Å²) in [6.07, 6.45) is -1.62. The molecule has 238 valence electrons. The number of carbonyl (C=O) groups excluding carboxylic acids is 2. The van der Waals surface area contributed by atoms with E-state index in [1.165, 1.54) is 28.8 Å². The average Bonchev–Trinajstić information content (AvgIpc) is 3.09. The van der Waals surface area contributed by atoms with Crippen LogP contribution in [-0.4, -0.2) is 82.7 Å². The van der Waals surface area contributed by atoms with Crippen molar-refractivity contribution >= 4 is 17.8 Å². The van der Waals surface area contributed by atoms with Crippen LogP contribution in [0.25, 0.3) is 0 Å². The zero-order valence-electron chi connectivity index (χ0n) is 25.8. The van der Waals surface area contributed by atoms with Gasteiger partial charge in [0.2, 0.25) is 0 Å². The Bertz CT molecular complexity index is 1610. The van der Waals surface area contributed by atoms with Gasteiger partial charge in [0.25, 0.3) is 11.8 Å². The van der Waals surface area contributed by atoms with Crippen molar-refractivity contribution in [1.82, 2.24) is 15.1 Å². The van der Waals surface area contributed by atoms with Crippen molar-refractivity contribution in [1.29, 1.82) is 0 Å². The van der Waals surface area contributed by atoms with Crippen molar-refractivity contribution in [2.45, 2.75) is 31.5 Å². The summed E-state index contributed by atoms with van der Waals surface area (Å²) < 4.78 is 5.76. The molecule has 9 heteroatoms. The van der Waals surface area contributed by atoms with Gasteiger partial charge in [-0.05, 0) is 59.9 Å². The lowest BCUT2D eigenvalue weighted by molar-refractivity contribution is -0.148. The molecule has 1 unspecified atom stereocenters. The maximum atomic E-state index is 13.1. The zero-order valence-corrected chi connectivity index (χ0v) is 25.8. The highest BCUT2D eigenvalue weighted by Gasteiger charge is 2.30. The Balaban J connectivity index is 1.14. The van der Waals surface area contributed by atoms with Gasteiger partial charge in [-0.1, -0.05) is 84.9 Å². The molecule has 5 rings (SSSR count). The molecule has 4 aromatic rings. The largest absolute Gasteiger partial charge is 0.484 e. The molecular formula is C37H39N3O6. The van der Waals surface area contributed by atoms with E-state index in [9.17, 15) is 24.6 Å². The van der Waals surface area contributed by atoms with Crippen LogP contribution in [-0.2, 0) is 16.0 Å². The molecular weight excluding hydrogens is 582 g/mol. The van der Waals surface area contributed by atoms with Crippen LogP contribution in [0.3, 0.4) is 0 Å². The van der Waals surface area contributed by atoms with Crippen molar-refractivity contribution in [3.05, 3.63) is 137 Å². The number of piperazine rings is 1. The Hall–Kier alpha value is -4.99. The molecule has 1 saturated heterocycles. The molecule has 0 aliphatic carbocycles. The lowest BCUT2D eigenvalue weighted by Crippen LogP contribution is -2.51. The summed E-state index contributed by atoms with van der Waals surface area (Å²) in [5, 5.41) is 22.2. The molecule has 4 aromatic carbocycles. The van der Waals surface area contributed by atoms with E-state index in [4.69, 9.17) is 4.74 Å². The van der Waals surface area contributed by atoms with Gasteiger partial charge >= 0.3 is 5.97 Å². The topological polar surface area (TPSA) is 119 Å². The minimum atomic E-state index is -1.77. The standard InChI is InChI=1S/C37H39N3O6/c1-26-10-8-9-15-31(26)34(28-13-6-3-7-14-28)40-22-20-39(21-23-40)33(41)25-46-30-18-16-29(17-19-30)36(43)38-32(35(42)37(44)45)24-27-11-4-2-5-12-27/h2-19,32,34-35,42H,20-25H2,1H3,(H,38,43)(H,44,45)/t32-,34?,35+/m0/s1. The van der Waals surface area contributed by atoms with E-state index in [-0.39, 0.29) is 30.5 Å². The predicted octanol–water partition coefficient (Wildman–Crippen LogP) is 4.09. The highest BCUT2D eigenvalue weighted by molar-refractivity contribution is 5.95. The first-order chi connectivity index (χ1) is 22.3. The van der Waals surface area contributed by atoms with E-state index >= 15 is 0 Å². The number of carboxylic acids is 1. The summed E-state index contributed by atoms with van der Waals surface area (Å²) in [4.78, 5) is 41.7. The Morgan fingerprint density at radius 3 is 2.04 bits per heavy atom. The van der Waals surface area contributed by atoms with Crippen LogP contribution in [0.15, 0.2) is 109 Å². The molecule has 46 heavy (non-hydrogen) atoms. The van der Waals surface area contributed by atoms with Gasteiger partial charge in [-0.3, -0.25) is 14.5 Å². The van der Waals surface area contributed by atoms with Crippen LogP contribution < -0.4 is 10.1 Å². The number of carbonyl (C=O) groups is 3. The first kappa shape index (κ1) is 32.4. The third kappa shape index (κ3) is 8.18. The molecule has 0 spiro atoms. The molecule has 0 aromatic heterocycles. The van der Waals surface area contributed by atoms with Crippen LogP contribution in [0, 0.1) is 6.92 Å². The number of hydrogen-bond donors (Lipinski definition) is 3. The number of ether oxygens (including phenoxy) is 1. The number of aliphatic hydroxyl groups is 1. The number of aryl methyl sites for hydroxylation is 1. The van der Waals surface area contributed by atoms with Gasteiger partial charge in [0.1, 0.15) is 5.75 Å². The molecule has 2 amide bonds. The van der Waals surface area contributed by atoms with E-state index in [0.29, 0.717) is 18.8 Å². The Morgan fingerprint density at radius 1 is 0.804 bits per heavy atom. The minimum Gasteiger partial charge on any atom is -0.484 e. The van der Waals surface area contributed by atoms with Crippen LogP contribution in [0.4, 0.5) is 0 Å². The second kappa shape index (κ2) is 15.3. The van der Waals surface area contributed by atoms with Crippen LogP contribution >= 0.6 is 0 Å². The number of hydrogen-bond acceptors (Lipinski definition) is 6. The molecule has 0 saturated carbocycles. The molecule has 3 atom stereocenters. The third-order valence-electron chi connectivity index (χ3n) is 8.36. The Labute approximate surface area is 269 Å². The number of amides is 2. The summed E-state index contributed by atoms with van der Waals surface area (Å²) in [5.74, 6) is -1.63. The van der Waals surface area contributed by atoms with Crippen molar-refractivity contribution in [3.8, 4) is 5.75 Å². The number of nitrogens with one attached hydrogen (secondary N) is 1. The summed E-state index contributed by atoms with van der Waals surface area (Å²) >= 11 is 0. The summed E-state index contributed by atoms with van der Waals surface area (Å²) in [6.45, 7) is 4.63. The van der Waals surface area contributed by atoms with Crippen LogP contribution in [0.2, 0.25) is 0 Å². The van der Waals surface area contributed by atoms with E-state index < -0.39 is 24.0 Å². The van der Waals surface area contributed by atoms with E-state index in [1.807, 2.05) is 17.0 Å². The molecule has 1 heterocycles. The maximum absolute atomic E-state index is 13.1. The fourth-order valence-corrected chi connectivity index (χ4v) is 5.82. The van der Waals surface area contributed by atoms with E-state index in [1.54, 1.807) is 36.4 Å². The Morgan fingerprint density at radius 2 is 1.41 bits per heavy atom. The fourth-order valence-electron chi connectivity index (χ4n) is 5.82. The van der Waals surface area contributed by atoms with Crippen molar-refractivity contribution in [3.63, 3.8) is 0 Å². The number of aliphatic carboxylic acids is 1. The summed E-state index contributed by atoms with van der Waals surface area (Å²) in [6, 6.07) is 33.2. The number of aliphatic hydroxyl groups excluding tert-OH is 1. The Kier molecular flexibility index (Phi) is 10.8. The smallest absolute Gasteiger partial charge is 0.334 e. The quantitative estimate of drug-likeness (QED) is 0.218. The van der Waals surface area contributed by atoms with Gasteiger partial charge in [0.05, 0.1) is 12.1 Å². The number of nitrogens with zero attached hydrogens (tertiary/aromatic N) is 2. The molecule has 1 aliphatic rings. The van der Waals surface area contributed by atoms with Gasteiger partial charge in [-0.2, -0.15) is 0 Å². The van der Waals surface area contributed by atoms with Crippen molar-refractivity contribution in [2.75, 3.05) is 32.8 Å². The highest BCUT2D eigenvalue weighted by Crippen LogP contribution is 2.31. The monoisotopic (exact) mass is 621 g/mol. The van der Waals surface area contributed by atoms with Gasteiger partial charge in [-0.25, -0.2) is 4.79 Å². The van der Waals surface area contributed by atoms with Gasteiger partial charge in [0, 0.05) is 31.7 Å². The first-order valence-electron chi connectivity index (χ1n) is 15.4. The molecule has 3 N–H and O–H groups in total. The summed E-state index contributed by atoms with van der Waals surface area (Å²) in [5.41, 5.74) is 4.77. The highest BCUT2D eigenvalue weighted by atomic mass is 16.5. The second-order valence-electron chi connectivity index (χ2n) is 11.5. The molecule has 0 radical (unpaired) electrons. The first-order valence-corrected chi connectivity index (χ1v) is 15.4. The second-order valence-corrected chi connectivity index (χ2v) is 11.5. The molecule has 0 bridgehead atoms. The minimum absolute atomic E-state index is 0.104. The van der Waals surface area contributed by atoms with Gasteiger partial charge < -0.3 is 25.2 Å². The van der Waals surface area contributed by atoms with Crippen LogP contribution in [0.1, 0.15) is 38.7 Å². The number of rotatable bonds is 12. The third-order valence-corrected chi connectivity index (χ3v) is 8.36. The number of benzene rings is 4. The number of carboxylic acid groups (broad SMARTS) is 1. The van der Waals surface area contributed by atoms with Gasteiger partial charge in [-0.15, -0.1) is 0 Å². The zero-order chi connectivity index (χ0) is 32.5. The fraction of sp³-hybridized carbons (Fsp3) is 0.270. The van der Waals surface area contributed by atoms with Crippen molar-refractivity contribution in [2.24, 2.45) is 0 Å². The normalized spacial score (nSPS) is 15.4.